The molecule has 2 atom stereocenters. The molecule has 0 aromatic heterocycles. The third-order valence-corrected chi connectivity index (χ3v) is 3.05. The molecule has 0 bridgehead atoms. The Morgan fingerprint density at radius 2 is 2.31 bits per heavy atom. The number of aliphatic carboxylic acids is 1. The van der Waals surface area contributed by atoms with Crippen LogP contribution in [0.3, 0.4) is 0 Å². The van der Waals surface area contributed by atoms with Gasteiger partial charge in [-0.05, 0) is 19.9 Å². The van der Waals surface area contributed by atoms with Crippen molar-refractivity contribution >= 4 is 11.9 Å². The summed E-state index contributed by atoms with van der Waals surface area (Å²) in [6, 6.07) is -0.226. The number of carbonyl (C=O) groups is 2. The Hall–Kier alpha value is -1.10. The number of amides is 1. The topological polar surface area (TPSA) is 69.6 Å². The lowest BCUT2D eigenvalue weighted by atomic mass is 10.1. The van der Waals surface area contributed by atoms with Crippen molar-refractivity contribution in [1.29, 1.82) is 0 Å². The SMILES string of the molecule is CCCCN1CC(C(=O)O)CNC(=O)C1C. The summed E-state index contributed by atoms with van der Waals surface area (Å²) < 4.78 is 0. The third-order valence-electron chi connectivity index (χ3n) is 3.05. The second-order valence-corrected chi connectivity index (χ2v) is 4.30. The Labute approximate surface area is 95.8 Å². The van der Waals surface area contributed by atoms with Gasteiger partial charge in [0.05, 0.1) is 12.0 Å². The number of hydrogen-bond acceptors (Lipinski definition) is 3. The van der Waals surface area contributed by atoms with Crippen LogP contribution in [0.15, 0.2) is 0 Å². The average molecular weight is 228 g/mol. The van der Waals surface area contributed by atoms with E-state index in [9.17, 15) is 9.59 Å². The van der Waals surface area contributed by atoms with E-state index in [1.807, 2.05) is 11.8 Å². The normalized spacial score (nSPS) is 27.2. The van der Waals surface area contributed by atoms with Gasteiger partial charge in [-0.1, -0.05) is 13.3 Å². The fourth-order valence-electron chi connectivity index (χ4n) is 1.85. The number of nitrogens with zero attached hydrogens (tertiary/aromatic N) is 1. The molecular weight excluding hydrogens is 208 g/mol. The summed E-state index contributed by atoms with van der Waals surface area (Å²) in [5.41, 5.74) is 0. The van der Waals surface area contributed by atoms with E-state index < -0.39 is 11.9 Å². The van der Waals surface area contributed by atoms with Gasteiger partial charge in [0.15, 0.2) is 0 Å². The van der Waals surface area contributed by atoms with Crippen molar-refractivity contribution in [2.24, 2.45) is 5.92 Å². The summed E-state index contributed by atoms with van der Waals surface area (Å²) in [6.45, 7) is 5.39. The summed E-state index contributed by atoms with van der Waals surface area (Å²) in [6.07, 6.45) is 2.03. The predicted octanol–water partition coefficient (Wildman–Crippen LogP) is 0.308. The third kappa shape index (κ3) is 3.20. The number of carbonyl (C=O) groups excluding carboxylic acids is 1. The molecule has 1 aliphatic heterocycles. The highest BCUT2D eigenvalue weighted by Gasteiger charge is 2.31. The van der Waals surface area contributed by atoms with Crippen molar-refractivity contribution in [3.63, 3.8) is 0 Å². The molecule has 0 aromatic carbocycles. The van der Waals surface area contributed by atoms with Crippen LogP contribution in [0.5, 0.6) is 0 Å². The molecule has 1 rings (SSSR count). The van der Waals surface area contributed by atoms with Crippen molar-refractivity contribution in [1.82, 2.24) is 10.2 Å². The smallest absolute Gasteiger partial charge is 0.309 e. The number of rotatable bonds is 4. The van der Waals surface area contributed by atoms with Crippen LogP contribution in [-0.4, -0.2) is 47.6 Å². The van der Waals surface area contributed by atoms with Crippen LogP contribution in [0, 0.1) is 5.92 Å². The number of carboxylic acid groups (broad SMARTS) is 1. The van der Waals surface area contributed by atoms with E-state index in [4.69, 9.17) is 5.11 Å². The number of nitrogens with one attached hydrogen (secondary N) is 1. The zero-order valence-corrected chi connectivity index (χ0v) is 9.90. The molecule has 92 valence electrons. The largest absolute Gasteiger partial charge is 0.481 e. The maximum atomic E-state index is 11.6. The molecule has 5 nitrogen and oxygen atoms in total. The lowest BCUT2D eigenvalue weighted by Crippen LogP contribution is -2.42. The fourth-order valence-corrected chi connectivity index (χ4v) is 1.85. The molecule has 1 heterocycles. The van der Waals surface area contributed by atoms with E-state index in [1.165, 1.54) is 0 Å². The molecule has 0 radical (unpaired) electrons. The first-order valence-electron chi connectivity index (χ1n) is 5.80. The maximum absolute atomic E-state index is 11.6. The Balaban J connectivity index is 2.68. The maximum Gasteiger partial charge on any atom is 0.309 e. The Kier molecular flexibility index (Phi) is 4.73. The van der Waals surface area contributed by atoms with Gasteiger partial charge >= 0.3 is 5.97 Å². The van der Waals surface area contributed by atoms with Gasteiger partial charge in [-0.15, -0.1) is 0 Å². The van der Waals surface area contributed by atoms with E-state index >= 15 is 0 Å². The van der Waals surface area contributed by atoms with Crippen LogP contribution in [0.25, 0.3) is 0 Å². The molecule has 0 spiro atoms. The molecule has 1 fully saturated rings. The van der Waals surface area contributed by atoms with Gasteiger partial charge in [0.1, 0.15) is 0 Å². The van der Waals surface area contributed by atoms with Crippen molar-refractivity contribution < 1.29 is 14.7 Å². The van der Waals surface area contributed by atoms with Gasteiger partial charge in [0.2, 0.25) is 5.91 Å². The first-order valence-corrected chi connectivity index (χ1v) is 5.80. The van der Waals surface area contributed by atoms with Gasteiger partial charge in [0, 0.05) is 13.1 Å². The molecule has 0 aromatic rings. The van der Waals surface area contributed by atoms with E-state index in [0.29, 0.717) is 6.54 Å². The average Bonchev–Trinajstić information content (AvgIpc) is 2.38. The van der Waals surface area contributed by atoms with Crippen molar-refractivity contribution in [3.05, 3.63) is 0 Å². The Bertz CT molecular complexity index is 268. The highest BCUT2D eigenvalue weighted by Crippen LogP contribution is 2.11. The number of carboxylic acids is 1. The van der Waals surface area contributed by atoms with Crippen LogP contribution in [0.2, 0.25) is 0 Å². The van der Waals surface area contributed by atoms with Crippen LogP contribution in [0.4, 0.5) is 0 Å². The molecule has 2 N–H and O–H groups in total. The molecule has 0 aliphatic carbocycles. The van der Waals surface area contributed by atoms with Gasteiger partial charge < -0.3 is 10.4 Å². The molecule has 2 unspecified atom stereocenters. The monoisotopic (exact) mass is 228 g/mol. The first kappa shape index (κ1) is 13.0. The summed E-state index contributed by atoms with van der Waals surface area (Å²) >= 11 is 0. The second kappa shape index (κ2) is 5.84. The summed E-state index contributed by atoms with van der Waals surface area (Å²) in [5, 5.41) is 11.7. The molecule has 5 heteroatoms. The number of unbranched alkanes of at least 4 members (excludes halogenated alkanes) is 1. The molecule has 1 amide bonds. The minimum Gasteiger partial charge on any atom is -0.481 e. The van der Waals surface area contributed by atoms with E-state index in [1.54, 1.807) is 0 Å². The highest BCUT2D eigenvalue weighted by atomic mass is 16.4. The van der Waals surface area contributed by atoms with Gasteiger partial charge in [-0.3, -0.25) is 14.5 Å². The van der Waals surface area contributed by atoms with Gasteiger partial charge in [0.25, 0.3) is 0 Å². The molecule has 0 saturated carbocycles. The Morgan fingerprint density at radius 1 is 1.62 bits per heavy atom. The lowest BCUT2D eigenvalue weighted by molar-refractivity contribution is -0.142. The van der Waals surface area contributed by atoms with Crippen molar-refractivity contribution in [3.8, 4) is 0 Å². The molecule has 16 heavy (non-hydrogen) atoms. The first-order chi connectivity index (χ1) is 7.56. The van der Waals surface area contributed by atoms with Crippen LogP contribution < -0.4 is 5.32 Å². The van der Waals surface area contributed by atoms with E-state index in [-0.39, 0.29) is 18.5 Å². The molecule has 1 aliphatic rings. The van der Waals surface area contributed by atoms with Crippen molar-refractivity contribution in [2.45, 2.75) is 32.7 Å². The summed E-state index contributed by atoms with van der Waals surface area (Å²) in [7, 11) is 0. The van der Waals surface area contributed by atoms with Crippen LogP contribution >= 0.6 is 0 Å². The Morgan fingerprint density at radius 3 is 2.88 bits per heavy atom. The summed E-state index contributed by atoms with van der Waals surface area (Å²) in [5.74, 6) is -1.40. The van der Waals surface area contributed by atoms with Crippen LogP contribution in [0.1, 0.15) is 26.7 Å². The van der Waals surface area contributed by atoms with Gasteiger partial charge in [-0.2, -0.15) is 0 Å². The highest BCUT2D eigenvalue weighted by molar-refractivity contribution is 5.82. The summed E-state index contributed by atoms with van der Waals surface area (Å²) in [4.78, 5) is 24.5. The standard InChI is InChI=1S/C11H20N2O3/c1-3-4-5-13-7-9(11(15)16)6-12-10(14)8(13)2/h8-9H,3-7H2,1-2H3,(H,12,14)(H,15,16). The van der Waals surface area contributed by atoms with Gasteiger partial charge in [-0.25, -0.2) is 0 Å². The fraction of sp³-hybridized carbons (Fsp3) is 0.818. The van der Waals surface area contributed by atoms with Crippen LogP contribution in [-0.2, 0) is 9.59 Å². The van der Waals surface area contributed by atoms with E-state index in [0.717, 1.165) is 19.4 Å². The number of hydrogen-bond donors (Lipinski definition) is 2. The van der Waals surface area contributed by atoms with Crippen molar-refractivity contribution in [2.75, 3.05) is 19.6 Å². The molecular formula is C11H20N2O3. The molecule has 1 saturated heterocycles. The van der Waals surface area contributed by atoms with E-state index in [2.05, 4.69) is 12.2 Å². The zero-order chi connectivity index (χ0) is 12.1. The minimum absolute atomic E-state index is 0.0696. The second-order valence-electron chi connectivity index (χ2n) is 4.30. The lowest BCUT2D eigenvalue weighted by Gasteiger charge is -2.26. The minimum atomic E-state index is -0.837. The quantitative estimate of drug-likeness (QED) is 0.726. The zero-order valence-electron chi connectivity index (χ0n) is 9.90. The predicted molar refractivity (Wildman–Crippen MR) is 60.1 cm³/mol.